The van der Waals surface area contributed by atoms with E-state index in [0.29, 0.717) is 11.9 Å². The summed E-state index contributed by atoms with van der Waals surface area (Å²) < 4.78 is 0. The topological polar surface area (TPSA) is 20.3 Å². The van der Waals surface area contributed by atoms with Crippen LogP contribution < -0.4 is 0 Å². The van der Waals surface area contributed by atoms with Gasteiger partial charge < -0.3 is 4.90 Å². The standard InChI is InChI=1S/C10H17NO/c1-8-5-6-9-3-2-4-10(12)11(9)7-8/h8-9H,2-7H2,1H3/t8?,9-/m1/s1. The zero-order chi connectivity index (χ0) is 8.55. The summed E-state index contributed by atoms with van der Waals surface area (Å²) >= 11 is 0. The number of piperidine rings is 2. The van der Waals surface area contributed by atoms with Crippen LogP contribution in [0.2, 0.25) is 0 Å². The molecule has 0 N–H and O–H groups in total. The first kappa shape index (κ1) is 8.09. The lowest BCUT2D eigenvalue weighted by molar-refractivity contribution is -0.139. The van der Waals surface area contributed by atoms with Gasteiger partial charge in [0.25, 0.3) is 0 Å². The highest BCUT2D eigenvalue weighted by Crippen LogP contribution is 2.29. The number of hydrogen-bond donors (Lipinski definition) is 0. The first-order chi connectivity index (χ1) is 5.77. The van der Waals surface area contributed by atoms with Crippen molar-refractivity contribution in [2.75, 3.05) is 6.54 Å². The third kappa shape index (κ3) is 1.35. The van der Waals surface area contributed by atoms with E-state index in [1.54, 1.807) is 0 Å². The first-order valence-electron chi connectivity index (χ1n) is 5.07. The van der Waals surface area contributed by atoms with Crippen LogP contribution in [0.1, 0.15) is 39.0 Å². The second-order valence-corrected chi connectivity index (χ2v) is 4.27. The van der Waals surface area contributed by atoms with Crippen molar-refractivity contribution in [2.45, 2.75) is 45.1 Å². The lowest BCUT2D eigenvalue weighted by Crippen LogP contribution is -2.48. The largest absolute Gasteiger partial charge is 0.339 e. The Labute approximate surface area is 73.9 Å². The van der Waals surface area contributed by atoms with E-state index in [9.17, 15) is 4.79 Å². The minimum atomic E-state index is 0.401. The molecule has 0 aromatic rings. The van der Waals surface area contributed by atoms with Gasteiger partial charge in [-0.2, -0.15) is 0 Å². The van der Waals surface area contributed by atoms with E-state index in [2.05, 4.69) is 11.8 Å². The van der Waals surface area contributed by atoms with Gasteiger partial charge in [0.1, 0.15) is 0 Å². The molecular formula is C10H17NO. The maximum atomic E-state index is 11.5. The monoisotopic (exact) mass is 167 g/mol. The van der Waals surface area contributed by atoms with Crippen LogP contribution in [-0.4, -0.2) is 23.4 Å². The van der Waals surface area contributed by atoms with E-state index in [1.807, 2.05) is 0 Å². The third-order valence-electron chi connectivity index (χ3n) is 3.19. The molecule has 12 heavy (non-hydrogen) atoms. The summed E-state index contributed by atoms with van der Waals surface area (Å²) in [6, 6.07) is 0.599. The molecule has 2 rings (SSSR count). The molecule has 0 aromatic carbocycles. The molecule has 2 heterocycles. The van der Waals surface area contributed by atoms with Crippen molar-refractivity contribution in [1.29, 1.82) is 0 Å². The van der Waals surface area contributed by atoms with Crippen molar-refractivity contribution in [3.05, 3.63) is 0 Å². The zero-order valence-corrected chi connectivity index (χ0v) is 7.75. The third-order valence-corrected chi connectivity index (χ3v) is 3.19. The van der Waals surface area contributed by atoms with Gasteiger partial charge in [-0.15, -0.1) is 0 Å². The molecule has 0 aromatic heterocycles. The number of nitrogens with zero attached hydrogens (tertiary/aromatic N) is 1. The summed E-state index contributed by atoms with van der Waals surface area (Å²) in [6.07, 6.45) is 5.72. The Hall–Kier alpha value is -0.530. The quantitative estimate of drug-likeness (QED) is 0.538. The van der Waals surface area contributed by atoms with Crippen LogP contribution in [-0.2, 0) is 4.79 Å². The Morgan fingerprint density at radius 2 is 2.17 bits per heavy atom. The van der Waals surface area contributed by atoms with Gasteiger partial charge in [-0.05, 0) is 31.6 Å². The van der Waals surface area contributed by atoms with Crippen LogP contribution in [0.3, 0.4) is 0 Å². The number of carbonyl (C=O) groups is 1. The number of carbonyl (C=O) groups excluding carboxylic acids is 1. The predicted molar refractivity (Wildman–Crippen MR) is 47.8 cm³/mol. The van der Waals surface area contributed by atoms with Gasteiger partial charge >= 0.3 is 0 Å². The zero-order valence-electron chi connectivity index (χ0n) is 7.75. The first-order valence-corrected chi connectivity index (χ1v) is 5.07. The molecule has 2 atom stereocenters. The van der Waals surface area contributed by atoms with Gasteiger partial charge in [-0.3, -0.25) is 4.79 Å². The highest BCUT2D eigenvalue weighted by atomic mass is 16.2. The average molecular weight is 167 g/mol. The summed E-state index contributed by atoms with van der Waals surface area (Å²) in [5.74, 6) is 1.13. The Morgan fingerprint density at radius 1 is 1.33 bits per heavy atom. The molecule has 2 nitrogen and oxygen atoms in total. The Morgan fingerprint density at radius 3 is 3.00 bits per heavy atom. The van der Waals surface area contributed by atoms with Gasteiger partial charge in [0.2, 0.25) is 5.91 Å². The van der Waals surface area contributed by atoms with Gasteiger partial charge in [-0.1, -0.05) is 6.92 Å². The molecule has 2 aliphatic rings. The van der Waals surface area contributed by atoms with Crippen molar-refractivity contribution >= 4 is 5.91 Å². The lowest BCUT2D eigenvalue weighted by Gasteiger charge is -2.41. The van der Waals surface area contributed by atoms with Gasteiger partial charge in [0.05, 0.1) is 0 Å². The molecule has 0 saturated carbocycles. The van der Waals surface area contributed by atoms with Crippen LogP contribution in [0.4, 0.5) is 0 Å². The summed E-state index contributed by atoms with van der Waals surface area (Å²) in [5.41, 5.74) is 0. The normalized spacial score (nSPS) is 36.4. The molecule has 0 bridgehead atoms. The molecule has 0 aliphatic carbocycles. The average Bonchev–Trinajstić information content (AvgIpc) is 2.07. The molecule has 0 radical (unpaired) electrons. The molecule has 2 aliphatic heterocycles. The molecule has 1 amide bonds. The summed E-state index contributed by atoms with van der Waals surface area (Å²) in [5, 5.41) is 0. The second kappa shape index (κ2) is 3.08. The molecule has 1 unspecified atom stereocenters. The number of amides is 1. The van der Waals surface area contributed by atoms with Gasteiger partial charge in [0.15, 0.2) is 0 Å². The van der Waals surface area contributed by atoms with Crippen LogP contribution in [0.25, 0.3) is 0 Å². The van der Waals surface area contributed by atoms with Gasteiger partial charge in [0, 0.05) is 19.0 Å². The summed E-state index contributed by atoms with van der Waals surface area (Å²) in [7, 11) is 0. The van der Waals surface area contributed by atoms with Crippen LogP contribution in [0.15, 0.2) is 0 Å². The fourth-order valence-corrected chi connectivity index (χ4v) is 2.45. The molecule has 2 fully saturated rings. The SMILES string of the molecule is CC1CC[C@H]2CCCC(=O)N2C1. The van der Waals surface area contributed by atoms with Crippen molar-refractivity contribution in [3.8, 4) is 0 Å². The van der Waals surface area contributed by atoms with Crippen molar-refractivity contribution in [2.24, 2.45) is 5.92 Å². The Balaban J connectivity index is 2.05. The smallest absolute Gasteiger partial charge is 0.222 e. The number of fused-ring (bicyclic) bond motifs is 1. The summed E-state index contributed by atoms with van der Waals surface area (Å²) in [6.45, 7) is 3.27. The van der Waals surface area contributed by atoms with E-state index >= 15 is 0 Å². The minimum Gasteiger partial charge on any atom is -0.339 e. The highest BCUT2D eigenvalue weighted by Gasteiger charge is 2.32. The van der Waals surface area contributed by atoms with Crippen molar-refractivity contribution in [1.82, 2.24) is 4.90 Å². The highest BCUT2D eigenvalue weighted by molar-refractivity contribution is 5.77. The molecule has 0 spiro atoms. The molecule has 68 valence electrons. The van der Waals surface area contributed by atoms with Crippen molar-refractivity contribution < 1.29 is 4.79 Å². The van der Waals surface area contributed by atoms with Crippen LogP contribution >= 0.6 is 0 Å². The predicted octanol–water partition coefficient (Wildman–Crippen LogP) is 1.80. The van der Waals surface area contributed by atoms with Crippen molar-refractivity contribution in [3.63, 3.8) is 0 Å². The number of rotatable bonds is 0. The van der Waals surface area contributed by atoms with Gasteiger partial charge in [-0.25, -0.2) is 0 Å². The van der Waals surface area contributed by atoms with E-state index in [-0.39, 0.29) is 0 Å². The van der Waals surface area contributed by atoms with E-state index in [0.717, 1.165) is 25.3 Å². The maximum Gasteiger partial charge on any atom is 0.222 e. The lowest BCUT2D eigenvalue weighted by atomic mass is 9.88. The Kier molecular flexibility index (Phi) is 2.07. The van der Waals surface area contributed by atoms with Crippen LogP contribution in [0, 0.1) is 5.92 Å². The molecule has 2 saturated heterocycles. The van der Waals surface area contributed by atoms with E-state index in [1.165, 1.54) is 19.3 Å². The maximum absolute atomic E-state index is 11.5. The number of hydrogen-bond acceptors (Lipinski definition) is 1. The second-order valence-electron chi connectivity index (χ2n) is 4.27. The Bertz CT molecular complexity index is 190. The molecule has 2 heteroatoms. The van der Waals surface area contributed by atoms with Crippen LogP contribution in [0.5, 0.6) is 0 Å². The molecular weight excluding hydrogens is 150 g/mol. The summed E-state index contributed by atoms with van der Waals surface area (Å²) in [4.78, 5) is 13.6. The fraction of sp³-hybridized carbons (Fsp3) is 0.900. The van der Waals surface area contributed by atoms with E-state index < -0.39 is 0 Å². The van der Waals surface area contributed by atoms with E-state index in [4.69, 9.17) is 0 Å². The fourth-order valence-electron chi connectivity index (χ4n) is 2.45. The minimum absolute atomic E-state index is 0.401.